The fourth-order valence-corrected chi connectivity index (χ4v) is 1.73. The van der Waals surface area contributed by atoms with Gasteiger partial charge < -0.3 is 4.74 Å². The summed E-state index contributed by atoms with van der Waals surface area (Å²) in [7, 11) is 0. The van der Waals surface area contributed by atoms with Crippen molar-refractivity contribution in [3.8, 4) is 17.6 Å². The molecule has 2 nitrogen and oxygen atoms in total. The van der Waals surface area contributed by atoms with Crippen molar-refractivity contribution in [1.29, 1.82) is 5.26 Å². The molecular weight excluding hydrogens is 260 g/mol. The summed E-state index contributed by atoms with van der Waals surface area (Å²) in [6.07, 6.45) is 0. The number of ether oxygens (including phenoxy) is 1. The number of rotatable bonds is 3. The fourth-order valence-electron chi connectivity index (χ4n) is 1.73. The molecular formula is C16H13F2NO. The van der Waals surface area contributed by atoms with E-state index in [4.69, 9.17) is 10.00 Å². The molecule has 0 atom stereocenters. The highest BCUT2D eigenvalue weighted by Crippen LogP contribution is 2.30. The first-order chi connectivity index (χ1) is 9.51. The Hall–Kier alpha value is -2.41. The Morgan fingerprint density at radius 3 is 2.05 bits per heavy atom. The molecule has 4 heteroatoms. The predicted octanol–water partition coefficient (Wildman–Crippen LogP) is 4.75. The van der Waals surface area contributed by atoms with Gasteiger partial charge in [0.25, 0.3) is 0 Å². The number of benzene rings is 2. The molecule has 2 aromatic carbocycles. The minimum absolute atomic E-state index is 0.0305. The second-order valence-electron chi connectivity index (χ2n) is 4.71. The molecule has 0 saturated heterocycles. The van der Waals surface area contributed by atoms with E-state index in [2.05, 4.69) is 0 Å². The molecule has 0 radical (unpaired) electrons. The summed E-state index contributed by atoms with van der Waals surface area (Å²) in [5.41, 5.74) is 1.03. The molecule has 102 valence electrons. The number of hydrogen-bond donors (Lipinski definition) is 0. The fraction of sp³-hybridized carbons (Fsp3) is 0.188. The first kappa shape index (κ1) is 14.0. The van der Waals surface area contributed by atoms with Crippen LogP contribution in [0.4, 0.5) is 8.78 Å². The Kier molecular flexibility index (Phi) is 3.99. The normalized spacial score (nSPS) is 10.4. The van der Waals surface area contributed by atoms with Crippen LogP contribution in [0.3, 0.4) is 0 Å². The Labute approximate surface area is 116 Å². The zero-order valence-electron chi connectivity index (χ0n) is 11.2. The average Bonchev–Trinajstić information content (AvgIpc) is 2.43. The van der Waals surface area contributed by atoms with Gasteiger partial charge in [-0.15, -0.1) is 0 Å². The Morgan fingerprint density at radius 2 is 1.60 bits per heavy atom. The molecule has 2 rings (SSSR count). The van der Waals surface area contributed by atoms with Crippen molar-refractivity contribution in [2.45, 2.75) is 19.8 Å². The molecule has 0 fully saturated rings. The third kappa shape index (κ3) is 2.94. The maximum atomic E-state index is 13.9. The Balaban J connectivity index is 2.31. The summed E-state index contributed by atoms with van der Waals surface area (Å²) in [4.78, 5) is 0. The van der Waals surface area contributed by atoms with Crippen LogP contribution in [-0.4, -0.2) is 0 Å². The third-order valence-electron chi connectivity index (χ3n) is 2.89. The molecule has 0 spiro atoms. The van der Waals surface area contributed by atoms with Crippen molar-refractivity contribution >= 4 is 0 Å². The van der Waals surface area contributed by atoms with Crippen LogP contribution < -0.4 is 4.74 Å². The zero-order chi connectivity index (χ0) is 14.7. The Morgan fingerprint density at radius 1 is 1.05 bits per heavy atom. The van der Waals surface area contributed by atoms with Crippen molar-refractivity contribution in [3.05, 3.63) is 59.2 Å². The van der Waals surface area contributed by atoms with E-state index in [0.717, 1.165) is 0 Å². The van der Waals surface area contributed by atoms with Gasteiger partial charge in [-0.2, -0.15) is 5.26 Å². The van der Waals surface area contributed by atoms with Crippen molar-refractivity contribution in [3.63, 3.8) is 0 Å². The average molecular weight is 273 g/mol. The molecule has 2 aromatic rings. The lowest BCUT2D eigenvalue weighted by atomic mass is 10.0. The molecule has 0 unspecified atom stereocenters. The second-order valence-corrected chi connectivity index (χ2v) is 4.71. The van der Waals surface area contributed by atoms with E-state index in [-0.39, 0.29) is 11.7 Å². The standard InChI is InChI=1S/C16H13F2NO/c1-10(2)12-7-14(17)16(15(18)8-12)20-13-5-3-11(9-19)4-6-13/h3-8,10H,1-2H3. The molecule has 0 saturated carbocycles. The van der Waals surface area contributed by atoms with Crippen LogP contribution in [0.2, 0.25) is 0 Å². The van der Waals surface area contributed by atoms with Crippen molar-refractivity contribution in [2.75, 3.05) is 0 Å². The molecule has 0 heterocycles. The van der Waals surface area contributed by atoms with E-state index in [9.17, 15) is 8.78 Å². The largest absolute Gasteiger partial charge is 0.451 e. The highest BCUT2D eigenvalue weighted by molar-refractivity contribution is 5.39. The summed E-state index contributed by atoms with van der Waals surface area (Å²) < 4.78 is 33.0. The topological polar surface area (TPSA) is 33.0 Å². The van der Waals surface area contributed by atoms with Crippen LogP contribution in [0.25, 0.3) is 0 Å². The van der Waals surface area contributed by atoms with Gasteiger partial charge in [0.2, 0.25) is 0 Å². The van der Waals surface area contributed by atoms with E-state index >= 15 is 0 Å². The first-order valence-electron chi connectivity index (χ1n) is 6.18. The minimum atomic E-state index is -0.738. The number of hydrogen-bond acceptors (Lipinski definition) is 2. The maximum absolute atomic E-state index is 13.9. The van der Waals surface area contributed by atoms with Gasteiger partial charge in [0.15, 0.2) is 17.4 Å². The smallest absolute Gasteiger partial charge is 0.198 e. The lowest BCUT2D eigenvalue weighted by Gasteiger charge is -2.11. The van der Waals surface area contributed by atoms with Gasteiger partial charge in [-0.3, -0.25) is 0 Å². The lowest BCUT2D eigenvalue weighted by molar-refractivity contribution is 0.406. The predicted molar refractivity (Wildman–Crippen MR) is 71.7 cm³/mol. The van der Waals surface area contributed by atoms with E-state index in [1.165, 1.54) is 36.4 Å². The molecule has 0 aromatic heterocycles. The minimum Gasteiger partial charge on any atom is -0.451 e. The number of nitrogens with zero attached hydrogens (tertiary/aromatic N) is 1. The van der Waals surface area contributed by atoms with Gasteiger partial charge in [0, 0.05) is 0 Å². The molecule has 20 heavy (non-hydrogen) atoms. The van der Waals surface area contributed by atoms with Crippen LogP contribution in [0.15, 0.2) is 36.4 Å². The van der Waals surface area contributed by atoms with Gasteiger partial charge in [-0.1, -0.05) is 13.8 Å². The van der Waals surface area contributed by atoms with Gasteiger partial charge in [0.05, 0.1) is 11.6 Å². The van der Waals surface area contributed by atoms with Crippen LogP contribution in [0.1, 0.15) is 30.9 Å². The summed E-state index contributed by atoms with van der Waals surface area (Å²) >= 11 is 0. The zero-order valence-corrected chi connectivity index (χ0v) is 11.2. The van der Waals surface area contributed by atoms with Crippen molar-refractivity contribution < 1.29 is 13.5 Å². The van der Waals surface area contributed by atoms with Crippen LogP contribution in [0, 0.1) is 23.0 Å². The van der Waals surface area contributed by atoms with E-state index in [0.29, 0.717) is 11.1 Å². The molecule has 0 bridgehead atoms. The number of nitriles is 1. The quantitative estimate of drug-likeness (QED) is 0.808. The molecule has 0 amide bonds. The highest BCUT2D eigenvalue weighted by atomic mass is 19.1. The molecule has 0 aliphatic heterocycles. The van der Waals surface area contributed by atoms with Crippen molar-refractivity contribution in [1.82, 2.24) is 0 Å². The summed E-state index contributed by atoms with van der Waals surface area (Å²) in [5.74, 6) is -1.60. The van der Waals surface area contributed by atoms with Crippen LogP contribution in [-0.2, 0) is 0 Å². The Bertz CT molecular complexity index is 634. The summed E-state index contributed by atoms with van der Waals surface area (Å²) in [6, 6.07) is 10.5. The highest BCUT2D eigenvalue weighted by Gasteiger charge is 2.15. The van der Waals surface area contributed by atoms with Gasteiger partial charge >= 0.3 is 0 Å². The number of halogens is 2. The molecule has 0 aliphatic rings. The van der Waals surface area contributed by atoms with Crippen LogP contribution in [0.5, 0.6) is 11.5 Å². The van der Waals surface area contributed by atoms with Crippen molar-refractivity contribution in [2.24, 2.45) is 0 Å². The third-order valence-corrected chi connectivity index (χ3v) is 2.89. The second kappa shape index (κ2) is 5.70. The summed E-state index contributed by atoms with van der Waals surface area (Å²) in [5, 5.41) is 8.68. The monoisotopic (exact) mass is 273 g/mol. The maximum Gasteiger partial charge on any atom is 0.198 e. The van der Waals surface area contributed by atoms with Gasteiger partial charge in [-0.25, -0.2) is 8.78 Å². The van der Waals surface area contributed by atoms with Crippen LogP contribution >= 0.6 is 0 Å². The van der Waals surface area contributed by atoms with E-state index in [1.54, 1.807) is 0 Å². The lowest BCUT2D eigenvalue weighted by Crippen LogP contribution is -1.97. The van der Waals surface area contributed by atoms with Gasteiger partial charge in [-0.05, 0) is 47.9 Å². The first-order valence-corrected chi connectivity index (χ1v) is 6.18. The van der Waals surface area contributed by atoms with Gasteiger partial charge in [0.1, 0.15) is 5.75 Å². The molecule has 0 aliphatic carbocycles. The van der Waals surface area contributed by atoms with E-state index in [1.807, 2.05) is 19.9 Å². The summed E-state index contributed by atoms with van der Waals surface area (Å²) in [6.45, 7) is 3.71. The SMILES string of the molecule is CC(C)c1cc(F)c(Oc2ccc(C#N)cc2)c(F)c1. The van der Waals surface area contributed by atoms with E-state index < -0.39 is 17.4 Å². The molecule has 0 N–H and O–H groups in total.